The van der Waals surface area contributed by atoms with Crippen LogP contribution in [-0.2, 0) is 32.1 Å². The normalized spacial score (nSPS) is 15.7. The number of methoxy groups -OCH3 is 1. The molecule has 2 atom stereocenters. The fourth-order valence-electron chi connectivity index (χ4n) is 5.14. The average Bonchev–Trinajstić information content (AvgIpc) is 3.07. The molecule has 0 aliphatic carbocycles. The molecule has 0 saturated carbocycles. The molecule has 1 heterocycles. The van der Waals surface area contributed by atoms with Crippen LogP contribution >= 0.6 is 0 Å². The van der Waals surface area contributed by atoms with Gasteiger partial charge in [0, 0.05) is 30.9 Å². The number of nitrogens with zero attached hydrogens (tertiary/aromatic N) is 2. The van der Waals surface area contributed by atoms with E-state index in [-0.39, 0.29) is 18.4 Å². The van der Waals surface area contributed by atoms with Crippen LogP contribution in [0.1, 0.15) is 52.2 Å². The summed E-state index contributed by atoms with van der Waals surface area (Å²) < 4.78 is 11.1. The third-order valence-electron chi connectivity index (χ3n) is 7.45. The van der Waals surface area contributed by atoms with Crippen LogP contribution in [0, 0.1) is 0 Å². The van der Waals surface area contributed by atoms with Gasteiger partial charge in [0.1, 0.15) is 23.4 Å². The van der Waals surface area contributed by atoms with Crippen LogP contribution < -0.4 is 20.3 Å². The minimum atomic E-state index is -0.863. The highest BCUT2D eigenvalue weighted by Gasteiger charge is 2.35. The van der Waals surface area contributed by atoms with E-state index in [1.54, 1.807) is 39.7 Å². The molecule has 4 rings (SSSR count). The van der Waals surface area contributed by atoms with Crippen molar-refractivity contribution >= 4 is 46.0 Å². The number of benzene rings is 3. The smallest absolute Gasteiger partial charge is 0.410 e. The zero-order chi connectivity index (χ0) is 31.5. The number of aryl methyl sites for hydroxylation is 1. The number of fused-ring (bicyclic) bond motifs is 2. The van der Waals surface area contributed by atoms with Gasteiger partial charge in [-0.3, -0.25) is 19.3 Å². The molecule has 4 amide bonds. The van der Waals surface area contributed by atoms with Gasteiger partial charge in [-0.2, -0.15) is 0 Å². The van der Waals surface area contributed by atoms with Crippen molar-refractivity contribution in [2.75, 3.05) is 24.4 Å². The molecule has 0 bridgehead atoms. The second-order valence-electron chi connectivity index (χ2n) is 11.8. The highest BCUT2D eigenvalue weighted by molar-refractivity contribution is 6.02. The third-order valence-corrected chi connectivity index (χ3v) is 7.45. The summed E-state index contributed by atoms with van der Waals surface area (Å²) in [6.07, 6.45) is 0.348. The first-order valence-corrected chi connectivity index (χ1v) is 14.3. The Bertz CT molecular complexity index is 1550. The van der Waals surface area contributed by atoms with E-state index in [2.05, 4.69) is 10.6 Å². The van der Waals surface area contributed by atoms with Crippen molar-refractivity contribution in [1.82, 2.24) is 10.2 Å². The second-order valence-corrected chi connectivity index (χ2v) is 11.8. The molecule has 0 saturated heterocycles. The molecule has 0 fully saturated rings. The summed E-state index contributed by atoms with van der Waals surface area (Å²) in [6.45, 7) is 8.52. The largest absolute Gasteiger partial charge is 0.496 e. The van der Waals surface area contributed by atoms with Crippen molar-refractivity contribution in [3.05, 3.63) is 65.7 Å². The van der Waals surface area contributed by atoms with E-state index >= 15 is 0 Å². The summed E-state index contributed by atoms with van der Waals surface area (Å²) in [6, 6.07) is 15.4. The van der Waals surface area contributed by atoms with E-state index in [1.807, 2.05) is 54.6 Å². The van der Waals surface area contributed by atoms with Crippen LogP contribution in [0.3, 0.4) is 0 Å². The summed E-state index contributed by atoms with van der Waals surface area (Å²) in [5, 5.41) is 7.45. The van der Waals surface area contributed by atoms with Crippen molar-refractivity contribution in [2.24, 2.45) is 0 Å². The number of anilines is 2. The topological polar surface area (TPSA) is 117 Å². The average molecular weight is 589 g/mol. The number of nitrogens with one attached hydrogen (secondary N) is 2. The molecule has 1 aliphatic rings. The molecule has 0 aromatic heterocycles. The fraction of sp³-hybridized carbons (Fsp3) is 0.394. The maximum Gasteiger partial charge on any atom is 0.410 e. The number of hydrogen-bond acceptors (Lipinski definition) is 6. The van der Waals surface area contributed by atoms with Gasteiger partial charge in [-0.05, 0) is 81.1 Å². The summed E-state index contributed by atoms with van der Waals surface area (Å²) in [7, 11) is 3.08. The predicted molar refractivity (Wildman–Crippen MR) is 166 cm³/mol. The molecule has 3 aromatic rings. The van der Waals surface area contributed by atoms with Gasteiger partial charge in [0.2, 0.25) is 17.7 Å². The molecular formula is C33H40N4O6. The minimum absolute atomic E-state index is 0.167. The van der Waals surface area contributed by atoms with Crippen LogP contribution in [0.15, 0.2) is 54.6 Å². The van der Waals surface area contributed by atoms with E-state index in [4.69, 9.17) is 9.47 Å². The molecule has 1 aliphatic heterocycles. The van der Waals surface area contributed by atoms with Gasteiger partial charge in [0.25, 0.3) is 0 Å². The van der Waals surface area contributed by atoms with Crippen LogP contribution in [0.4, 0.5) is 16.2 Å². The van der Waals surface area contributed by atoms with Crippen molar-refractivity contribution in [3.8, 4) is 5.75 Å². The highest BCUT2D eigenvalue weighted by Crippen LogP contribution is 2.35. The molecular weight excluding hydrogens is 548 g/mol. The number of amides is 4. The lowest BCUT2D eigenvalue weighted by Crippen LogP contribution is -2.54. The monoisotopic (exact) mass is 588 g/mol. The molecule has 2 N–H and O–H groups in total. The first-order valence-electron chi connectivity index (χ1n) is 14.3. The van der Waals surface area contributed by atoms with Crippen LogP contribution in [0.2, 0.25) is 0 Å². The Kier molecular flexibility index (Phi) is 9.27. The number of carbonyl (C=O) groups excluding carboxylic acids is 4. The Labute approximate surface area is 252 Å². The molecule has 10 heteroatoms. The van der Waals surface area contributed by atoms with E-state index in [9.17, 15) is 19.2 Å². The van der Waals surface area contributed by atoms with Crippen molar-refractivity contribution in [1.29, 1.82) is 0 Å². The number of ether oxygens (including phenoxy) is 2. The van der Waals surface area contributed by atoms with E-state index in [0.717, 1.165) is 27.6 Å². The molecule has 0 spiro atoms. The first-order chi connectivity index (χ1) is 20.3. The Balaban J connectivity index is 1.66. The summed E-state index contributed by atoms with van der Waals surface area (Å²) in [5.74, 6) is -0.271. The van der Waals surface area contributed by atoms with Gasteiger partial charge in [-0.25, -0.2) is 4.79 Å². The van der Waals surface area contributed by atoms with Gasteiger partial charge in [0.15, 0.2) is 0 Å². The van der Waals surface area contributed by atoms with Crippen LogP contribution in [0.25, 0.3) is 10.8 Å². The summed E-state index contributed by atoms with van der Waals surface area (Å²) in [5.41, 5.74) is 2.50. The fourth-order valence-corrected chi connectivity index (χ4v) is 5.14. The SMILES string of the molecule is COc1ccc2cc(NC(C)=O)ccc2c1CN1C(=O)[C@@H](NC(=O)[C@H](C)N(C)C(=O)OC(C)(C)C)CCc2ccccc21. The first kappa shape index (κ1) is 31.3. The Morgan fingerprint density at radius 3 is 2.49 bits per heavy atom. The quantitative estimate of drug-likeness (QED) is 0.400. The lowest BCUT2D eigenvalue weighted by molar-refractivity contribution is -0.130. The van der Waals surface area contributed by atoms with Crippen molar-refractivity contribution in [2.45, 2.75) is 71.7 Å². The van der Waals surface area contributed by atoms with Crippen molar-refractivity contribution in [3.63, 3.8) is 0 Å². The molecule has 43 heavy (non-hydrogen) atoms. The lowest BCUT2D eigenvalue weighted by atomic mass is 10.0. The molecule has 0 radical (unpaired) electrons. The Morgan fingerprint density at radius 1 is 1.09 bits per heavy atom. The predicted octanol–water partition coefficient (Wildman–Crippen LogP) is 5.03. The number of para-hydroxylation sites is 1. The van der Waals surface area contributed by atoms with E-state index < -0.39 is 29.7 Å². The van der Waals surface area contributed by atoms with E-state index in [1.165, 1.54) is 18.9 Å². The molecule has 3 aromatic carbocycles. The van der Waals surface area contributed by atoms with E-state index in [0.29, 0.717) is 24.3 Å². The van der Waals surface area contributed by atoms with Gasteiger partial charge >= 0.3 is 6.09 Å². The third kappa shape index (κ3) is 7.25. The molecule has 0 unspecified atom stereocenters. The minimum Gasteiger partial charge on any atom is -0.496 e. The second kappa shape index (κ2) is 12.7. The number of carbonyl (C=O) groups is 4. The van der Waals surface area contributed by atoms with Crippen LogP contribution in [-0.4, -0.2) is 60.6 Å². The molecule has 10 nitrogen and oxygen atoms in total. The Morgan fingerprint density at radius 2 is 1.81 bits per heavy atom. The van der Waals surface area contributed by atoms with Crippen molar-refractivity contribution < 1.29 is 28.7 Å². The highest BCUT2D eigenvalue weighted by atomic mass is 16.6. The lowest BCUT2D eigenvalue weighted by Gasteiger charge is -2.30. The van der Waals surface area contributed by atoms with Gasteiger partial charge < -0.3 is 25.0 Å². The zero-order valence-electron chi connectivity index (χ0n) is 25.8. The number of rotatable bonds is 7. The van der Waals surface area contributed by atoms with Gasteiger partial charge in [0.05, 0.1) is 13.7 Å². The standard InChI is InChI=1S/C33H40N4O6/c1-20(36(6)32(41)43-33(3,4)5)30(39)35-27-16-12-22-10-8-9-11-28(22)37(31(27)40)19-26-25-15-14-24(34-21(2)38)18-23(25)13-17-29(26)42-7/h8-11,13-15,17-18,20,27H,12,16,19H2,1-7H3,(H,34,38)(H,35,39)/t20-,27-/m0/s1. The number of hydrogen-bond donors (Lipinski definition) is 2. The number of likely N-dealkylation sites (N-methyl/N-ethyl adjacent to an activating group) is 1. The Hall–Kier alpha value is -4.60. The van der Waals surface area contributed by atoms with Gasteiger partial charge in [-0.1, -0.05) is 30.3 Å². The summed E-state index contributed by atoms with van der Waals surface area (Å²) >= 11 is 0. The summed E-state index contributed by atoms with van der Waals surface area (Å²) in [4.78, 5) is 54.6. The van der Waals surface area contributed by atoms with Crippen LogP contribution in [0.5, 0.6) is 5.75 Å². The molecule has 228 valence electrons. The maximum absolute atomic E-state index is 14.2. The zero-order valence-corrected chi connectivity index (χ0v) is 25.8. The maximum atomic E-state index is 14.2. The van der Waals surface area contributed by atoms with Gasteiger partial charge in [-0.15, -0.1) is 0 Å².